The number of carboxylic acid groups (broad SMARTS) is 1. The van der Waals surface area contributed by atoms with Gasteiger partial charge in [-0.2, -0.15) is 0 Å². The van der Waals surface area contributed by atoms with Gasteiger partial charge in [-0.15, -0.1) is 0 Å². The lowest BCUT2D eigenvalue weighted by Gasteiger charge is -2.09. The third-order valence-corrected chi connectivity index (χ3v) is 6.98. The van der Waals surface area contributed by atoms with Gasteiger partial charge in [0.05, 0.1) is 85.7 Å². The lowest BCUT2D eigenvalue weighted by Crippen LogP contribution is -2.25. The lowest BCUT2D eigenvalue weighted by atomic mass is 10.0. The quantitative estimate of drug-likeness (QED) is 0.0816. The molecule has 0 spiro atoms. The van der Waals surface area contributed by atoms with E-state index in [0.29, 0.717) is 98.9 Å². The Morgan fingerprint density at radius 2 is 0.733 bits per heavy atom. The molecule has 0 aliphatic heterocycles. The Morgan fingerprint density at radius 3 is 1.09 bits per heavy atom. The minimum atomic E-state index is -0.975. The number of carbonyl (C=O) groups excluding carboxylic acids is 1. The fourth-order valence-electron chi connectivity index (χ4n) is 4.35. The molecule has 0 saturated carbocycles. The number of rotatable bonds is 39. The van der Waals surface area contributed by atoms with Crippen molar-refractivity contribution in [3.8, 4) is 0 Å². The molecule has 0 saturated heterocycles. The first-order valence-corrected chi connectivity index (χ1v) is 17.7. The maximum Gasteiger partial charge on any atom is 0.303 e. The van der Waals surface area contributed by atoms with Gasteiger partial charge in [-0.3, -0.25) is 9.59 Å². The Balaban J connectivity index is 3.08. The van der Waals surface area contributed by atoms with Crippen LogP contribution in [0.1, 0.15) is 110 Å². The highest BCUT2D eigenvalue weighted by molar-refractivity contribution is 5.80. The van der Waals surface area contributed by atoms with E-state index >= 15 is 0 Å². The van der Waals surface area contributed by atoms with Gasteiger partial charge in [0.25, 0.3) is 0 Å². The van der Waals surface area contributed by atoms with Gasteiger partial charge in [0, 0.05) is 26.2 Å². The molecule has 0 rings (SSSR count). The van der Waals surface area contributed by atoms with Gasteiger partial charge < -0.3 is 43.6 Å². The van der Waals surface area contributed by atoms with Gasteiger partial charge in [0.1, 0.15) is 0 Å². The average Bonchev–Trinajstić information content (AvgIpc) is 3.03. The van der Waals surface area contributed by atoms with Crippen molar-refractivity contribution < 1.29 is 47.9 Å². The summed E-state index contributed by atoms with van der Waals surface area (Å²) in [5.41, 5.74) is 0. The van der Waals surface area contributed by atoms with E-state index in [-0.39, 0.29) is 18.7 Å². The Kier molecular flexibility index (Phi) is 37.7. The van der Waals surface area contributed by atoms with Crippen molar-refractivity contribution >= 4 is 11.9 Å². The standard InChI is InChI=1S/C34H67NO10/c1-2-3-4-5-6-7-8-9-10-11-12-13-14-19-39-21-23-41-25-27-43-29-31-45-32-30-44-28-26-42-24-22-40-20-15-18-35-33(36)16-17-34(37)38/h2-32H2,1H3,(H,35,36)(H,37,38). The van der Waals surface area contributed by atoms with Crippen molar-refractivity contribution in [2.75, 3.05) is 99.0 Å². The highest BCUT2D eigenvalue weighted by Gasteiger charge is 2.04. The van der Waals surface area contributed by atoms with Crippen LogP contribution in [0.25, 0.3) is 0 Å². The van der Waals surface area contributed by atoms with Crippen LogP contribution in [0.15, 0.2) is 0 Å². The summed E-state index contributed by atoms with van der Waals surface area (Å²) in [6, 6.07) is 0. The number of hydrogen-bond acceptors (Lipinski definition) is 9. The second-order valence-corrected chi connectivity index (χ2v) is 11.1. The molecule has 0 atom stereocenters. The van der Waals surface area contributed by atoms with Crippen LogP contribution in [0.2, 0.25) is 0 Å². The minimum Gasteiger partial charge on any atom is -0.481 e. The van der Waals surface area contributed by atoms with E-state index in [2.05, 4.69) is 12.2 Å². The number of carbonyl (C=O) groups is 2. The Bertz CT molecular complexity index is 612. The smallest absolute Gasteiger partial charge is 0.303 e. The summed E-state index contributed by atoms with van der Waals surface area (Å²) in [5.74, 6) is -1.23. The van der Waals surface area contributed by atoms with E-state index in [1.807, 2.05) is 0 Å². The highest BCUT2D eigenvalue weighted by atomic mass is 16.6. The molecular weight excluding hydrogens is 582 g/mol. The summed E-state index contributed by atoms with van der Waals surface area (Å²) >= 11 is 0. The van der Waals surface area contributed by atoms with Crippen molar-refractivity contribution in [1.29, 1.82) is 0 Å². The van der Waals surface area contributed by atoms with Gasteiger partial charge >= 0.3 is 5.97 Å². The third kappa shape index (κ3) is 40.6. The first kappa shape index (κ1) is 43.7. The molecule has 0 aromatic rings. The van der Waals surface area contributed by atoms with E-state index in [4.69, 9.17) is 38.3 Å². The number of ether oxygens (including phenoxy) is 7. The molecule has 0 aliphatic carbocycles. The first-order chi connectivity index (χ1) is 22.2. The minimum absolute atomic E-state index is 0.00106. The molecule has 0 radical (unpaired) electrons. The van der Waals surface area contributed by atoms with Gasteiger partial charge in [-0.25, -0.2) is 0 Å². The van der Waals surface area contributed by atoms with Crippen molar-refractivity contribution in [2.45, 2.75) is 110 Å². The molecule has 0 heterocycles. The van der Waals surface area contributed by atoms with Crippen molar-refractivity contribution in [3.05, 3.63) is 0 Å². The summed E-state index contributed by atoms with van der Waals surface area (Å²) in [6.07, 6.45) is 18.2. The molecule has 0 unspecified atom stereocenters. The zero-order valence-corrected chi connectivity index (χ0v) is 28.5. The lowest BCUT2D eigenvalue weighted by molar-refractivity contribution is -0.138. The van der Waals surface area contributed by atoms with Crippen molar-refractivity contribution in [2.24, 2.45) is 0 Å². The molecular formula is C34H67NO10. The molecule has 2 N–H and O–H groups in total. The second kappa shape index (κ2) is 38.8. The maximum atomic E-state index is 11.4. The largest absolute Gasteiger partial charge is 0.481 e. The van der Waals surface area contributed by atoms with Crippen LogP contribution in [0, 0.1) is 0 Å². The molecule has 45 heavy (non-hydrogen) atoms. The number of hydrogen-bond donors (Lipinski definition) is 2. The molecule has 0 aliphatic rings. The molecule has 0 bridgehead atoms. The molecule has 0 aromatic carbocycles. The molecule has 11 heteroatoms. The molecule has 1 amide bonds. The molecule has 0 aromatic heterocycles. The summed E-state index contributed by atoms with van der Waals surface area (Å²) in [6.45, 7) is 10.4. The third-order valence-electron chi connectivity index (χ3n) is 6.98. The number of aliphatic carboxylic acids is 1. The highest BCUT2D eigenvalue weighted by Crippen LogP contribution is 2.12. The van der Waals surface area contributed by atoms with Crippen LogP contribution >= 0.6 is 0 Å². The SMILES string of the molecule is CCCCCCCCCCCCCCCOCCOCCOCCOCCOCCOCCOCCCNC(=O)CCC(=O)O. The van der Waals surface area contributed by atoms with Gasteiger partial charge in [-0.1, -0.05) is 84.0 Å². The summed E-state index contributed by atoms with van der Waals surface area (Å²) in [7, 11) is 0. The number of carboxylic acids is 1. The normalized spacial score (nSPS) is 11.3. The second-order valence-electron chi connectivity index (χ2n) is 11.1. The van der Waals surface area contributed by atoms with E-state index in [1.54, 1.807) is 0 Å². The fraction of sp³-hybridized carbons (Fsp3) is 0.941. The summed E-state index contributed by atoms with van der Waals surface area (Å²) < 4.78 is 38.5. The van der Waals surface area contributed by atoms with Crippen LogP contribution < -0.4 is 5.32 Å². The Hall–Kier alpha value is -1.34. The number of nitrogens with one attached hydrogen (secondary N) is 1. The van der Waals surface area contributed by atoms with Gasteiger partial charge in [0.15, 0.2) is 0 Å². The predicted molar refractivity (Wildman–Crippen MR) is 176 cm³/mol. The topological polar surface area (TPSA) is 131 Å². The van der Waals surface area contributed by atoms with Crippen molar-refractivity contribution in [3.63, 3.8) is 0 Å². The monoisotopic (exact) mass is 649 g/mol. The molecule has 0 fully saturated rings. The average molecular weight is 650 g/mol. The summed E-state index contributed by atoms with van der Waals surface area (Å²) in [5, 5.41) is 11.2. The molecule has 11 nitrogen and oxygen atoms in total. The zero-order chi connectivity index (χ0) is 32.7. The van der Waals surface area contributed by atoms with Crippen LogP contribution in [-0.2, 0) is 42.7 Å². The number of unbranched alkanes of at least 4 members (excludes halogenated alkanes) is 12. The van der Waals surface area contributed by atoms with Crippen LogP contribution in [0.3, 0.4) is 0 Å². The van der Waals surface area contributed by atoms with E-state index in [0.717, 1.165) is 13.0 Å². The Labute approximate surface area is 273 Å². The van der Waals surface area contributed by atoms with E-state index < -0.39 is 5.97 Å². The van der Waals surface area contributed by atoms with E-state index in [9.17, 15) is 9.59 Å². The Morgan fingerprint density at radius 1 is 0.422 bits per heavy atom. The van der Waals surface area contributed by atoms with Gasteiger partial charge in [-0.05, 0) is 12.8 Å². The van der Waals surface area contributed by atoms with Crippen LogP contribution in [-0.4, -0.2) is 116 Å². The zero-order valence-electron chi connectivity index (χ0n) is 28.5. The van der Waals surface area contributed by atoms with E-state index in [1.165, 1.54) is 77.0 Å². The first-order valence-electron chi connectivity index (χ1n) is 17.7. The van der Waals surface area contributed by atoms with Crippen LogP contribution in [0.5, 0.6) is 0 Å². The van der Waals surface area contributed by atoms with Crippen molar-refractivity contribution in [1.82, 2.24) is 5.32 Å². The fourth-order valence-corrected chi connectivity index (χ4v) is 4.35. The maximum absolute atomic E-state index is 11.4. The van der Waals surface area contributed by atoms with Crippen LogP contribution in [0.4, 0.5) is 0 Å². The molecule has 268 valence electrons. The predicted octanol–water partition coefficient (Wildman–Crippen LogP) is 5.56. The number of amides is 1. The van der Waals surface area contributed by atoms with Gasteiger partial charge in [0.2, 0.25) is 5.91 Å². The summed E-state index contributed by atoms with van der Waals surface area (Å²) in [4.78, 5) is 21.8.